The summed E-state index contributed by atoms with van der Waals surface area (Å²) < 4.78 is 6.07. The van der Waals surface area contributed by atoms with Gasteiger partial charge in [0.1, 0.15) is 0 Å². The molecule has 4 atom stereocenters. The smallest absolute Gasteiger partial charge is 0.331 e. The Morgan fingerprint density at radius 3 is 2.50 bits per heavy atom. The van der Waals surface area contributed by atoms with Crippen molar-refractivity contribution in [3.63, 3.8) is 0 Å². The Balaban J connectivity index is 1.93. The van der Waals surface area contributed by atoms with Crippen LogP contribution in [0.1, 0.15) is 40.2 Å². The van der Waals surface area contributed by atoms with E-state index in [-0.39, 0.29) is 18.6 Å². The maximum atomic E-state index is 13.8. The third-order valence-electron chi connectivity index (χ3n) is 6.04. The lowest BCUT2D eigenvalue weighted by atomic mass is 9.66. The van der Waals surface area contributed by atoms with Crippen molar-refractivity contribution in [2.75, 3.05) is 11.4 Å². The molecule has 150 valence electrons. The molecule has 0 unspecified atom stereocenters. The molecular formula is C21H27N3O4. The molecule has 2 fully saturated rings. The van der Waals surface area contributed by atoms with E-state index in [1.807, 2.05) is 38.1 Å². The zero-order valence-corrected chi connectivity index (χ0v) is 17.0. The van der Waals surface area contributed by atoms with Gasteiger partial charge in [-0.15, -0.1) is 0 Å². The van der Waals surface area contributed by atoms with Crippen LogP contribution in [0.25, 0.3) is 0 Å². The topological polar surface area (TPSA) is 79.0 Å². The molecule has 1 N–H and O–H groups in total. The van der Waals surface area contributed by atoms with Crippen molar-refractivity contribution in [1.29, 1.82) is 0 Å². The van der Waals surface area contributed by atoms with Gasteiger partial charge in [-0.2, -0.15) is 0 Å². The monoisotopic (exact) mass is 385 g/mol. The van der Waals surface area contributed by atoms with Crippen LogP contribution in [0.3, 0.4) is 0 Å². The molecule has 4 rings (SSSR count). The second-order valence-electron chi connectivity index (χ2n) is 9.10. The summed E-state index contributed by atoms with van der Waals surface area (Å²) in [6.07, 6.45) is -0.130. The van der Waals surface area contributed by atoms with Crippen LogP contribution in [-0.2, 0) is 20.7 Å². The summed E-state index contributed by atoms with van der Waals surface area (Å²) in [5.41, 5.74) is -0.190. The number of nitrogens with zero attached hydrogens (tertiary/aromatic N) is 2. The van der Waals surface area contributed by atoms with Crippen LogP contribution in [0.2, 0.25) is 0 Å². The van der Waals surface area contributed by atoms with Crippen LogP contribution in [0, 0.1) is 5.41 Å². The van der Waals surface area contributed by atoms with Gasteiger partial charge in [-0.1, -0.05) is 18.2 Å². The molecule has 0 bridgehead atoms. The van der Waals surface area contributed by atoms with E-state index in [1.165, 1.54) is 4.90 Å². The third-order valence-corrected chi connectivity index (χ3v) is 6.04. The number of hydrogen-bond acceptors (Lipinski definition) is 5. The molecule has 7 nitrogen and oxygen atoms in total. The first kappa shape index (κ1) is 18.9. The lowest BCUT2D eigenvalue weighted by Gasteiger charge is -2.57. The Bertz CT molecular complexity index is 861. The van der Waals surface area contributed by atoms with Gasteiger partial charge < -0.3 is 9.64 Å². The third kappa shape index (κ3) is 2.49. The minimum Gasteiger partial charge on any atom is -0.372 e. The number of hydrogen-bond donors (Lipinski definition) is 1. The molecule has 28 heavy (non-hydrogen) atoms. The van der Waals surface area contributed by atoms with E-state index in [4.69, 9.17) is 4.74 Å². The second kappa shape index (κ2) is 6.04. The molecule has 3 aliphatic rings. The molecule has 2 saturated heterocycles. The molecule has 0 aliphatic carbocycles. The van der Waals surface area contributed by atoms with E-state index < -0.39 is 34.8 Å². The maximum absolute atomic E-state index is 13.8. The van der Waals surface area contributed by atoms with E-state index in [1.54, 1.807) is 20.8 Å². The molecule has 4 amide bonds. The first-order chi connectivity index (χ1) is 13.1. The van der Waals surface area contributed by atoms with E-state index in [0.29, 0.717) is 6.54 Å². The molecule has 1 spiro atoms. The number of urea groups is 1. The van der Waals surface area contributed by atoms with Gasteiger partial charge >= 0.3 is 6.03 Å². The molecule has 0 aromatic heterocycles. The number of barbiturate groups is 1. The molecular weight excluding hydrogens is 358 g/mol. The Morgan fingerprint density at radius 2 is 1.82 bits per heavy atom. The summed E-state index contributed by atoms with van der Waals surface area (Å²) in [7, 11) is 0. The van der Waals surface area contributed by atoms with Crippen LogP contribution < -0.4 is 10.2 Å². The minimum absolute atomic E-state index is 0.0310. The average Bonchev–Trinajstić information content (AvgIpc) is 2.58. The number of carbonyl (C=O) groups is 3. The summed E-state index contributed by atoms with van der Waals surface area (Å²) >= 11 is 0. The van der Waals surface area contributed by atoms with Crippen molar-refractivity contribution < 1.29 is 19.1 Å². The van der Waals surface area contributed by atoms with Crippen LogP contribution in [-0.4, -0.2) is 53.1 Å². The highest BCUT2D eigenvalue weighted by Crippen LogP contribution is 2.48. The normalized spacial score (nSPS) is 32.9. The zero-order chi connectivity index (χ0) is 20.4. The number of benzene rings is 1. The van der Waals surface area contributed by atoms with Crippen molar-refractivity contribution in [2.24, 2.45) is 5.41 Å². The Hall–Kier alpha value is -2.41. The molecule has 3 aliphatic heterocycles. The summed E-state index contributed by atoms with van der Waals surface area (Å²) in [5.74, 6) is -0.972. The van der Waals surface area contributed by atoms with E-state index in [0.717, 1.165) is 11.3 Å². The Morgan fingerprint density at radius 1 is 1.14 bits per heavy atom. The lowest BCUT2D eigenvalue weighted by molar-refractivity contribution is -0.163. The number of para-hydroxylation sites is 1. The molecule has 1 aromatic carbocycles. The number of fused-ring (bicyclic) bond motifs is 4. The first-order valence-corrected chi connectivity index (χ1v) is 9.77. The quantitative estimate of drug-likeness (QED) is 0.692. The largest absolute Gasteiger partial charge is 0.372 e. The number of amides is 4. The minimum atomic E-state index is -1.41. The van der Waals surface area contributed by atoms with Gasteiger partial charge in [0, 0.05) is 17.8 Å². The van der Waals surface area contributed by atoms with E-state index in [9.17, 15) is 14.4 Å². The average molecular weight is 385 g/mol. The standard InChI is InChI=1S/C21H27N3O4/c1-12-11-23-15-9-7-6-8-14(15)10-21(16(23)13(2)28-12)17(25)22-19(27)24(18(21)26)20(3,4)5/h6-9,12-13,16H,10-11H2,1-5H3,(H,22,25,27)/t12-,13-,16+,21-/m1/s1. The van der Waals surface area contributed by atoms with Gasteiger partial charge in [0.05, 0.1) is 18.2 Å². The van der Waals surface area contributed by atoms with Gasteiger partial charge in [-0.05, 0) is 52.7 Å². The van der Waals surface area contributed by atoms with Crippen molar-refractivity contribution in [2.45, 2.75) is 64.8 Å². The number of rotatable bonds is 0. The highest BCUT2D eigenvalue weighted by molar-refractivity contribution is 6.20. The predicted octanol–water partition coefficient (Wildman–Crippen LogP) is 2.09. The predicted molar refractivity (Wildman–Crippen MR) is 104 cm³/mol. The fourth-order valence-corrected chi connectivity index (χ4v) is 5.07. The Kier molecular flexibility index (Phi) is 4.08. The van der Waals surface area contributed by atoms with Gasteiger partial charge in [0.2, 0.25) is 11.8 Å². The van der Waals surface area contributed by atoms with Crippen molar-refractivity contribution >= 4 is 23.5 Å². The number of nitrogens with one attached hydrogen (secondary N) is 1. The summed E-state index contributed by atoms with van der Waals surface area (Å²) in [4.78, 5) is 43.0. The highest BCUT2D eigenvalue weighted by atomic mass is 16.5. The second-order valence-corrected chi connectivity index (χ2v) is 9.10. The summed E-state index contributed by atoms with van der Waals surface area (Å²) in [6, 6.07) is 6.72. The number of imide groups is 2. The summed E-state index contributed by atoms with van der Waals surface area (Å²) in [6.45, 7) is 9.87. The molecule has 7 heteroatoms. The van der Waals surface area contributed by atoms with Crippen LogP contribution in [0.4, 0.5) is 10.5 Å². The molecule has 1 aromatic rings. The van der Waals surface area contributed by atoms with E-state index in [2.05, 4.69) is 10.2 Å². The first-order valence-electron chi connectivity index (χ1n) is 9.77. The fraction of sp³-hybridized carbons (Fsp3) is 0.571. The zero-order valence-electron chi connectivity index (χ0n) is 17.0. The maximum Gasteiger partial charge on any atom is 0.331 e. The van der Waals surface area contributed by atoms with Gasteiger partial charge in [0.15, 0.2) is 5.41 Å². The molecule has 0 radical (unpaired) electrons. The Labute approximate surface area is 165 Å². The van der Waals surface area contributed by atoms with E-state index >= 15 is 0 Å². The number of morpholine rings is 1. The number of anilines is 1. The van der Waals surface area contributed by atoms with Crippen molar-refractivity contribution in [3.05, 3.63) is 29.8 Å². The van der Waals surface area contributed by atoms with Crippen LogP contribution in [0.5, 0.6) is 0 Å². The fourth-order valence-electron chi connectivity index (χ4n) is 5.07. The van der Waals surface area contributed by atoms with Crippen LogP contribution in [0.15, 0.2) is 24.3 Å². The molecule has 3 heterocycles. The van der Waals surface area contributed by atoms with Crippen molar-refractivity contribution in [3.8, 4) is 0 Å². The lowest BCUT2D eigenvalue weighted by Crippen LogP contribution is -2.77. The highest BCUT2D eigenvalue weighted by Gasteiger charge is 2.65. The van der Waals surface area contributed by atoms with Gasteiger partial charge in [-0.25, -0.2) is 4.79 Å². The van der Waals surface area contributed by atoms with Gasteiger partial charge in [0.25, 0.3) is 0 Å². The molecule has 0 saturated carbocycles. The number of ether oxygens (including phenoxy) is 1. The SMILES string of the molecule is C[C@@H]1CN2c3ccccc3C[C@]3(C(=O)NC(=O)N(C(C)(C)C)C3=O)[C@@H]2[C@@H](C)O1. The van der Waals surface area contributed by atoms with Gasteiger partial charge in [-0.3, -0.25) is 19.8 Å². The number of carbonyl (C=O) groups excluding carboxylic acids is 3. The van der Waals surface area contributed by atoms with Crippen molar-refractivity contribution in [1.82, 2.24) is 10.2 Å². The van der Waals surface area contributed by atoms with Crippen LogP contribution >= 0.6 is 0 Å². The summed E-state index contributed by atoms with van der Waals surface area (Å²) in [5, 5.41) is 2.47.